The van der Waals surface area contributed by atoms with Crippen molar-refractivity contribution in [2.75, 3.05) is 0 Å². The van der Waals surface area contributed by atoms with Crippen LogP contribution in [0.2, 0.25) is 0 Å². The van der Waals surface area contributed by atoms with Gasteiger partial charge in [-0.2, -0.15) is 0 Å². The molecule has 2 unspecified atom stereocenters. The summed E-state index contributed by atoms with van der Waals surface area (Å²) in [4.78, 5) is -2.32. The maximum atomic E-state index is 10.0. The van der Waals surface area contributed by atoms with E-state index in [-0.39, 0.29) is 0 Å². The van der Waals surface area contributed by atoms with E-state index in [0.717, 1.165) is 0 Å². The summed E-state index contributed by atoms with van der Waals surface area (Å²) in [6.45, 7) is 3.71. The summed E-state index contributed by atoms with van der Waals surface area (Å²) in [5.41, 5.74) is 1.36. The number of hydrogen-bond donors (Lipinski definition) is 4. The zero-order valence-corrected chi connectivity index (χ0v) is 11.3. The van der Waals surface area contributed by atoms with E-state index in [1.165, 1.54) is 0 Å². The fraction of sp³-hybridized carbons (Fsp3) is 0.500. The molecular formula is C12H18O2S2. The lowest BCUT2D eigenvalue weighted by atomic mass is 9.99. The molecule has 0 aliphatic heterocycles. The monoisotopic (exact) mass is 258 g/mol. The topological polar surface area (TPSA) is 40.5 Å². The summed E-state index contributed by atoms with van der Waals surface area (Å²) in [5.74, 6) is 0. The Morgan fingerprint density at radius 2 is 1.38 bits per heavy atom. The van der Waals surface area contributed by atoms with Gasteiger partial charge in [-0.15, -0.1) is 25.3 Å². The lowest BCUT2D eigenvalue weighted by molar-refractivity contribution is 0.129. The molecular weight excluding hydrogens is 240 g/mol. The zero-order valence-electron chi connectivity index (χ0n) is 9.51. The second kappa shape index (κ2) is 5.00. The average molecular weight is 258 g/mol. The molecule has 2 atom stereocenters. The van der Waals surface area contributed by atoms with Crippen molar-refractivity contribution < 1.29 is 10.2 Å². The third-order valence-electron chi connectivity index (χ3n) is 2.77. The highest BCUT2D eigenvalue weighted by Gasteiger charge is 2.26. The van der Waals surface area contributed by atoms with Crippen molar-refractivity contribution in [3.05, 3.63) is 35.4 Å². The van der Waals surface area contributed by atoms with Gasteiger partial charge in [0.2, 0.25) is 0 Å². The highest BCUT2D eigenvalue weighted by molar-refractivity contribution is 7.81. The summed E-state index contributed by atoms with van der Waals surface area (Å²) in [6.07, 6.45) is 0.993. The minimum atomic E-state index is -1.16. The van der Waals surface area contributed by atoms with E-state index in [1.54, 1.807) is 24.3 Å². The third-order valence-corrected chi connectivity index (χ3v) is 3.92. The molecule has 1 rings (SSSR count). The lowest BCUT2D eigenvalue weighted by Gasteiger charge is -2.25. The number of rotatable bonds is 4. The van der Waals surface area contributed by atoms with Gasteiger partial charge in [0, 0.05) is 0 Å². The molecule has 16 heavy (non-hydrogen) atoms. The summed E-state index contributed by atoms with van der Waals surface area (Å²) in [6, 6.07) is 7.12. The van der Waals surface area contributed by atoms with Gasteiger partial charge in [-0.3, -0.25) is 0 Å². The number of hydrogen-bond acceptors (Lipinski definition) is 4. The molecule has 2 N–H and O–H groups in total. The molecule has 0 amide bonds. The first kappa shape index (κ1) is 13.9. The van der Waals surface area contributed by atoms with Crippen LogP contribution < -0.4 is 0 Å². The highest BCUT2D eigenvalue weighted by atomic mass is 32.1. The van der Waals surface area contributed by atoms with Crippen LogP contribution in [0.25, 0.3) is 0 Å². The molecule has 0 spiro atoms. The fourth-order valence-electron chi connectivity index (χ4n) is 1.43. The second-order valence-corrected chi connectivity index (χ2v) is 5.40. The van der Waals surface area contributed by atoms with Crippen molar-refractivity contribution >= 4 is 25.3 Å². The van der Waals surface area contributed by atoms with Crippen LogP contribution in [-0.2, 0) is 9.87 Å². The lowest BCUT2D eigenvalue weighted by Crippen LogP contribution is -2.20. The molecule has 0 fully saturated rings. The van der Waals surface area contributed by atoms with E-state index < -0.39 is 9.87 Å². The van der Waals surface area contributed by atoms with Gasteiger partial charge in [0.1, 0.15) is 9.87 Å². The van der Waals surface area contributed by atoms with Crippen LogP contribution in [0, 0.1) is 0 Å². The predicted octanol–water partition coefficient (Wildman–Crippen LogP) is 2.66. The third kappa shape index (κ3) is 2.94. The van der Waals surface area contributed by atoms with Gasteiger partial charge >= 0.3 is 0 Å². The van der Waals surface area contributed by atoms with Gasteiger partial charge in [-0.1, -0.05) is 32.0 Å². The highest BCUT2D eigenvalue weighted by Crippen LogP contribution is 2.34. The first-order valence-electron chi connectivity index (χ1n) is 5.34. The van der Waals surface area contributed by atoms with E-state index in [4.69, 9.17) is 0 Å². The number of aliphatic hydroxyl groups is 2. The summed E-state index contributed by atoms with van der Waals surface area (Å²) >= 11 is 8.39. The van der Waals surface area contributed by atoms with Crippen LogP contribution in [0.5, 0.6) is 0 Å². The van der Waals surface area contributed by atoms with Crippen molar-refractivity contribution in [2.45, 2.75) is 36.6 Å². The normalized spacial score (nSPS) is 18.9. The molecule has 0 heterocycles. The smallest absolute Gasteiger partial charge is 0.133 e. The van der Waals surface area contributed by atoms with Crippen LogP contribution in [0.4, 0.5) is 0 Å². The summed E-state index contributed by atoms with van der Waals surface area (Å²) in [7, 11) is 0. The van der Waals surface area contributed by atoms with Crippen molar-refractivity contribution in [3.8, 4) is 0 Å². The molecule has 0 aliphatic rings. The van der Waals surface area contributed by atoms with E-state index in [2.05, 4.69) is 25.3 Å². The van der Waals surface area contributed by atoms with Gasteiger partial charge in [0.05, 0.1) is 0 Å². The van der Waals surface area contributed by atoms with Gasteiger partial charge < -0.3 is 10.2 Å². The molecule has 0 saturated heterocycles. The van der Waals surface area contributed by atoms with Crippen LogP contribution in [-0.4, -0.2) is 10.2 Å². The molecule has 0 aromatic heterocycles. The van der Waals surface area contributed by atoms with E-state index in [9.17, 15) is 10.2 Å². The molecule has 90 valence electrons. The molecule has 0 bridgehead atoms. The quantitative estimate of drug-likeness (QED) is 0.495. The molecule has 2 nitrogen and oxygen atoms in total. The summed E-state index contributed by atoms with van der Waals surface area (Å²) in [5, 5.41) is 20.0. The number of thiol groups is 2. The Balaban J connectivity index is 3.14. The Labute approximate surface area is 108 Å². The molecule has 4 heteroatoms. The Hall–Kier alpha value is -0.160. The first-order valence-corrected chi connectivity index (χ1v) is 6.23. The van der Waals surface area contributed by atoms with Crippen LogP contribution in [0.1, 0.15) is 37.8 Å². The molecule has 0 radical (unpaired) electrons. The largest absolute Gasteiger partial charge is 0.376 e. The minimum Gasteiger partial charge on any atom is -0.376 e. The van der Waals surface area contributed by atoms with Crippen LogP contribution in [0.15, 0.2) is 24.3 Å². The maximum absolute atomic E-state index is 10.0. The molecule has 0 aliphatic carbocycles. The van der Waals surface area contributed by atoms with Gasteiger partial charge in [0.25, 0.3) is 0 Å². The van der Waals surface area contributed by atoms with Crippen molar-refractivity contribution in [2.24, 2.45) is 0 Å². The number of benzene rings is 1. The van der Waals surface area contributed by atoms with Crippen molar-refractivity contribution in [1.29, 1.82) is 0 Å². The minimum absolute atomic E-state index is 0.497. The SMILES string of the molecule is CCC(O)(S)c1cccc(C(O)(S)CC)c1. The molecule has 1 aromatic rings. The van der Waals surface area contributed by atoms with Crippen LogP contribution in [0.3, 0.4) is 0 Å². The Morgan fingerprint density at radius 3 is 1.69 bits per heavy atom. The Bertz CT molecular complexity index is 331. The maximum Gasteiger partial charge on any atom is 0.133 e. The fourth-order valence-corrected chi connectivity index (χ4v) is 1.70. The van der Waals surface area contributed by atoms with E-state index in [0.29, 0.717) is 24.0 Å². The van der Waals surface area contributed by atoms with Crippen molar-refractivity contribution in [3.63, 3.8) is 0 Å². The van der Waals surface area contributed by atoms with E-state index >= 15 is 0 Å². The molecule has 0 saturated carbocycles. The Kier molecular flexibility index (Phi) is 4.35. The molecule has 1 aromatic carbocycles. The first-order chi connectivity index (χ1) is 7.33. The van der Waals surface area contributed by atoms with Gasteiger partial charge in [0.15, 0.2) is 0 Å². The zero-order chi connectivity index (χ0) is 12.4. The van der Waals surface area contributed by atoms with E-state index in [1.807, 2.05) is 13.8 Å². The van der Waals surface area contributed by atoms with Crippen LogP contribution >= 0.6 is 25.3 Å². The van der Waals surface area contributed by atoms with Gasteiger partial charge in [-0.05, 0) is 30.0 Å². The second-order valence-electron chi connectivity index (χ2n) is 3.92. The average Bonchev–Trinajstić information content (AvgIpc) is 2.29. The van der Waals surface area contributed by atoms with Crippen molar-refractivity contribution in [1.82, 2.24) is 0 Å². The van der Waals surface area contributed by atoms with Gasteiger partial charge in [-0.25, -0.2) is 0 Å². The Morgan fingerprint density at radius 1 is 1.00 bits per heavy atom. The standard InChI is InChI=1S/C12H18O2S2/c1-3-11(13,15)9-6-5-7-10(8-9)12(14,16)4-2/h5-8,13-16H,3-4H2,1-2H3. The summed E-state index contributed by atoms with van der Waals surface area (Å²) < 4.78 is 0. The predicted molar refractivity (Wildman–Crippen MR) is 72.8 cm³/mol.